The zero-order chi connectivity index (χ0) is 15.2. The third-order valence-corrected chi connectivity index (χ3v) is 3.07. The summed E-state index contributed by atoms with van der Waals surface area (Å²) in [5.41, 5.74) is 8.03. The molecule has 0 fully saturated rings. The first kappa shape index (κ1) is 15.0. The van der Waals surface area contributed by atoms with Gasteiger partial charge in [-0.05, 0) is 17.7 Å². The van der Waals surface area contributed by atoms with Crippen LogP contribution in [0.3, 0.4) is 0 Å². The number of benzene rings is 2. The van der Waals surface area contributed by atoms with E-state index in [2.05, 4.69) is 5.32 Å². The molecule has 5 heteroatoms. The highest BCUT2D eigenvalue weighted by Gasteiger charge is 2.05. The maximum absolute atomic E-state index is 11.2. The van der Waals surface area contributed by atoms with Gasteiger partial charge in [-0.15, -0.1) is 0 Å². The van der Waals surface area contributed by atoms with Crippen molar-refractivity contribution in [1.82, 2.24) is 0 Å². The summed E-state index contributed by atoms with van der Waals surface area (Å²) in [6.07, 6.45) is 0. The van der Waals surface area contributed by atoms with Crippen molar-refractivity contribution in [2.75, 3.05) is 5.32 Å². The third kappa shape index (κ3) is 4.29. The number of thiocarbonyl (C=S) groups is 1. The highest BCUT2D eigenvalue weighted by Crippen LogP contribution is 2.24. The number of hydrogen-bond donors (Lipinski definition) is 2. The minimum Gasteiger partial charge on any atom is -0.487 e. The first-order chi connectivity index (χ1) is 10.1. The number of amides is 1. The van der Waals surface area contributed by atoms with Crippen LogP contribution in [-0.4, -0.2) is 10.9 Å². The molecule has 3 N–H and O–H groups in total. The molecule has 0 spiro atoms. The van der Waals surface area contributed by atoms with Crippen LogP contribution in [0.25, 0.3) is 0 Å². The molecule has 0 unspecified atom stereocenters. The third-order valence-electron chi connectivity index (χ3n) is 2.83. The summed E-state index contributed by atoms with van der Waals surface area (Å²) in [7, 11) is 0. The summed E-state index contributed by atoms with van der Waals surface area (Å²) in [5, 5.41) is 2.74. The maximum atomic E-state index is 11.2. The molecule has 0 aliphatic carbocycles. The van der Waals surface area contributed by atoms with Gasteiger partial charge in [-0.1, -0.05) is 48.6 Å². The number of ether oxygens (including phenoxy) is 1. The Hall–Kier alpha value is -2.40. The van der Waals surface area contributed by atoms with Crippen LogP contribution in [0, 0.1) is 0 Å². The van der Waals surface area contributed by atoms with Crippen LogP contribution in [0.5, 0.6) is 5.75 Å². The van der Waals surface area contributed by atoms with Gasteiger partial charge in [0.1, 0.15) is 17.3 Å². The van der Waals surface area contributed by atoms with Gasteiger partial charge in [0.25, 0.3) is 0 Å². The van der Waals surface area contributed by atoms with Gasteiger partial charge >= 0.3 is 0 Å². The highest BCUT2D eigenvalue weighted by atomic mass is 32.1. The van der Waals surface area contributed by atoms with Gasteiger partial charge in [0.05, 0.1) is 5.69 Å². The van der Waals surface area contributed by atoms with Gasteiger partial charge < -0.3 is 15.8 Å². The summed E-state index contributed by atoms with van der Waals surface area (Å²) in [6, 6.07) is 14.9. The van der Waals surface area contributed by atoms with Crippen LogP contribution in [0.1, 0.15) is 18.1 Å². The molecule has 0 heterocycles. The fourth-order valence-electron chi connectivity index (χ4n) is 1.81. The topological polar surface area (TPSA) is 64.3 Å². The molecule has 21 heavy (non-hydrogen) atoms. The molecule has 2 aromatic rings. The van der Waals surface area contributed by atoms with E-state index in [0.29, 0.717) is 23.0 Å². The molecule has 0 radical (unpaired) electrons. The van der Waals surface area contributed by atoms with Gasteiger partial charge in [0, 0.05) is 12.5 Å². The second-order valence-electron chi connectivity index (χ2n) is 4.53. The minimum atomic E-state index is -0.133. The molecule has 0 aromatic heterocycles. The number of hydrogen-bond acceptors (Lipinski definition) is 3. The average Bonchev–Trinajstić information content (AvgIpc) is 2.46. The van der Waals surface area contributed by atoms with E-state index in [-0.39, 0.29) is 5.91 Å². The Morgan fingerprint density at radius 1 is 1.19 bits per heavy atom. The van der Waals surface area contributed by atoms with E-state index in [1.54, 1.807) is 6.07 Å². The van der Waals surface area contributed by atoms with Crippen molar-refractivity contribution in [3.8, 4) is 5.75 Å². The van der Waals surface area contributed by atoms with Gasteiger partial charge in [-0.25, -0.2) is 0 Å². The molecule has 0 bridgehead atoms. The largest absolute Gasteiger partial charge is 0.487 e. The lowest BCUT2D eigenvalue weighted by molar-refractivity contribution is -0.114. The number of nitrogens with two attached hydrogens (primary N) is 1. The number of carbonyl (C=O) groups excluding carboxylic acids is 1. The molecule has 0 saturated heterocycles. The van der Waals surface area contributed by atoms with E-state index in [4.69, 9.17) is 22.7 Å². The Balaban J connectivity index is 2.06. The number of nitrogens with one attached hydrogen (secondary N) is 1. The number of rotatable bonds is 5. The standard InChI is InChI=1S/C16H16N2O2S/c1-11(19)18-14-4-2-3-5-15(14)20-10-12-6-8-13(9-7-12)16(17)21/h2-9H,10H2,1H3,(H2,17,21)(H,18,19). The van der Waals surface area contributed by atoms with Crippen molar-refractivity contribution in [1.29, 1.82) is 0 Å². The lowest BCUT2D eigenvalue weighted by Gasteiger charge is -2.11. The molecule has 1 amide bonds. The van der Waals surface area contributed by atoms with Crippen LogP contribution in [0.2, 0.25) is 0 Å². The van der Waals surface area contributed by atoms with Crippen LogP contribution in [0.4, 0.5) is 5.69 Å². The zero-order valence-corrected chi connectivity index (χ0v) is 12.4. The summed E-state index contributed by atoms with van der Waals surface area (Å²) in [5.74, 6) is 0.498. The Labute approximate surface area is 128 Å². The monoisotopic (exact) mass is 300 g/mol. The van der Waals surface area contributed by atoms with E-state index in [1.807, 2.05) is 42.5 Å². The Morgan fingerprint density at radius 2 is 1.86 bits per heavy atom. The molecule has 108 valence electrons. The van der Waals surface area contributed by atoms with E-state index < -0.39 is 0 Å². The fourth-order valence-corrected chi connectivity index (χ4v) is 1.95. The van der Waals surface area contributed by atoms with Crippen molar-refractivity contribution in [2.24, 2.45) is 5.73 Å². The number of para-hydroxylation sites is 2. The molecule has 0 aliphatic rings. The summed E-state index contributed by atoms with van der Waals surface area (Å²) < 4.78 is 5.75. The molecule has 4 nitrogen and oxygen atoms in total. The van der Waals surface area contributed by atoms with Crippen molar-refractivity contribution in [2.45, 2.75) is 13.5 Å². The predicted molar refractivity (Wildman–Crippen MR) is 87.4 cm³/mol. The summed E-state index contributed by atoms with van der Waals surface area (Å²) in [6.45, 7) is 1.86. The van der Waals surface area contributed by atoms with Crippen molar-refractivity contribution < 1.29 is 9.53 Å². The van der Waals surface area contributed by atoms with E-state index in [1.165, 1.54) is 6.92 Å². The molecule has 0 saturated carbocycles. The Morgan fingerprint density at radius 3 is 2.48 bits per heavy atom. The van der Waals surface area contributed by atoms with Gasteiger partial charge in [0.15, 0.2) is 0 Å². The second-order valence-corrected chi connectivity index (χ2v) is 4.97. The number of carbonyl (C=O) groups is 1. The summed E-state index contributed by atoms with van der Waals surface area (Å²) >= 11 is 4.91. The lowest BCUT2D eigenvalue weighted by atomic mass is 10.1. The van der Waals surface area contributed by atoms with Gasteiger partial charge in [-0.2, -0.15) is 0 Å². The highest BCUT2D eigenvalue weighted by molar-refractivity contribution is 7.80. The first-order valence-corrected chi connectivity index (χ1v) is 6.85. The zero-order valence-electron chi connectivity index (χ0n) is 11.6. The SMILES string of the molecule is CC(=O)Nc1ccccc1OCc1ccc(C(N)=S)cc1. The molecular formula is C16H16N2O2S. The van der Waals surface area contributed by atoms with Gasteiger partial charge in [-0.3, -0.25) is 4.79 Å². The maximum Gasteiger partial charge on any atom is 0.221 e. The molecule has 0 atom stereocenters. The fraction of sp³-hybridized carbons (Fsp3) is 0.125. The first-order valence-electron chi connectivity index (χ1n) is 6.44. The van der Waals surface area contributed by atoms with E-state index in [0.717, 1.165) is 11.1 Å². The van der Waals surface area contributed by atoms with Crippen LogP contribution in [-0.2, 0) is 11.4 Å². The normalized spacial score (nSPS) is 9.95. The molecular weight excluding hydrogens is 284 g/mol. The summed E-state index contributed by atoms with van der Waals surface area (Å²) in [4.78, 5) is 11.5. The Bertz CT molecular complexity index is 654. The molecule has 0 aliphatic heterocycles. The second kappa shape index (κ2) is 6.85. The minimum absolute atomic E-state index is 0.133. The van der Waals surface area contributed by atoms with E-state index >= 15 is 0 Å². The molecule has 2 aromatic carbocycles. The van der Waals surface area contributed by atoms with Crippen LogP contribution >= 0.6 is 12.2 Å². The average molecular weight is 300 g/mol. The smallest absolute Gasteiger partial charge is 0.221 e. The van der Waals surface area contributed by atoms with Gasteiger partial charge in [0.2, 0.25) is 5.91 Å². The quantitative estimate of drug-likeness (QED) is 0.833. The molecule has 2 rings (SSSR count). The number of anilines is 1. The lowest BCUT2D eigenvalue weighted by Crippen LogP contribution is -2.09. The van der Waals surface area contributed by atoms with Crippen LogP contribution in [0.15, 0.2) is 48.5 Å². The van der Waals surface area contributed by atoms with Crippen molar-refractivity contribution in [3.05, 3.63) is 59.7 Å². The van der Waals surface area contributed by atoms with Crippen LogP contribution < -0.4 is 15.8 Å². The predicted octanol–water partition coefficient (Wildman–Crippen LogP) is 2.86. The Kier molecular flexibility index (Phi) is 4.90. The van der Waals surface area contributed by atoms with Crippen molar-refractivity contribution >= 4 is 28.8 Å². The van der Waals surface area contributed by atoms with Crippen molar-refractivity contribution in [3.63, 3.8) is 0 Å². The van der Waals surface area contributed by atoms with E-state index in [9.17, 15) is 4.79 Å².